The molecule has 1 aromatic rings. The predicted octanol–water partition coefficient (Wildman–Crippen LogP) is 1.35. The molecule has 0 N–H and O–H groups in total. The van der Waals surface area contributed by atoms with E-state index in [4.69, 9.17) is 21.1 Å². The minimum Gasteiger partial charge on any atom is -0.463 e. The van der Waals surface area contributed by atoms with Crippen LogP contribution in [0.4, 0.5) is 0 Å². The fourth-order valence-electron chi connectivity index (χ4n) is 2.81. The Labute approximate surface area is 144 Å². The molecule has 2 aliphatic heterocycles. The van der Waals surface area contributed by atoms with E-state index in [1.807, 2.05) is 0 Å². The van der Waals surface area contributed by atoms with Crippen LogP contribution in [-0.2, 0) is 29.1 Å². The van der Waals surface area contributed by atoms with Crippen molar-refractivity contribution in [3.63, 3.8) is 0 Å². The summed E-state index contributed by atoms with van der Waals surface area (Å²) in [6.45, 7) is 0.425. The molecule has 0 spiro atoms. The quantitative estimate of drug-likeness (QED) is 0.740. The molecular formula is C15H16ClNO6S. The van der Waals surface area contributed by atoms with Gasteiger partial charge in [0, 0.05) is 18.0 Å². The van der Waals surface area contributed by atoms with Crippen molar-refractivity contribution in [3.8, 4) is 0 Å². The average molecular weight is 374 g/mol. The molecule has 7 nitrogen and oxygen atoms in total. The molecule has 3 rings (SSSR count). The second-order valence-electron chi connectivity index (χ2n) is 5.61. The van der Waals surface area contributed by atoms with Gasteiger partial charge < -0.3 is 9.47 Å². The van der Waals surface area contributed by atoms with Gasteiger partial charge >= 0.3 is 11.9 Å². The lowest BCUT2D eigenvalue weighted by Crippen LogP contribution is -2.42. The van der Waals surface area contributed by atoms with Crippen molar-refractivity contribution in [2.45, 2.75) is 36.3 Å². The fraction of sp³-hybridized carbons (Fsp3) is 0.467. The number of nitrogens with zero attached hydrogens (tertiary/aromatic N) is 1. The van der Waals surface area contributed by atoms with Gasteiger partial charge in [0.15, 0.2) is 0 Å². The van der Waals surface area contributed by atoms with Crippen LogP contribution < -0.4 is 0 Å². The van der Waals surface area contributed by atoms with Gasteiger partial charge in [0.2, 0.25) is 16.1 Å². The zero-order valence-electron chi connectivity index (χ0n) is 12.7. The van der Waals surface area contributed by atoms with Crippen molar-refractivity contribution in [1.29, 1.82) is 0 Å². The van der Waals surface area contributed by atoms with Crippen molar-refractivity contribution in [1.82, 2.24) is 4.31 Å². The van der Waals surface area contributed by atoms with Gasteiger partial charge in [-0.3, -0.25) is 4.79 Å². The number of sulfonamides is 1. The van der Waals surface area contributed by atoms with Crippen molar-refractivity contribution in [3.05, 3.63) is 29.3 Å². The molecular weight excluding hydrogens is 358 g/mol. The van der Waals surface area contributed by atoms with Crippen LogP contribution in [0.5, 0.6) is 0 Å². The molecule has 2 saturated heterocycles. The van der Waals surface area contributed by atoms with E-state index in [0.717, 1.165) is 4.31 Å². The van der Waals surface area contributed by atoms with Gasteiger partial charge in [0.05, 0.1) is 11.5 Å². The summed E-state index contributed by atoms with van der Waals surface area (Å²) in [5, 5.41) is 0.422. The van der Waals surface area contributed by atoms with E-state index in [9.17, 15) is 18.0 Å². The lowest BCUT2D eigenvalue weighted by Gasteiger charge is -2.23. The molecule has 2 fully saturated rings. The number of halogens is 1. The Morgan fingerprint density at radius 1 is 1.25 bits per heavy atom. The Morgan fingerprint density at radius 2 is 1.96 bits per heavy atom. The van der Waals surface area contributed by atoms with Crippen LogP contribution in [-0.4, -0.2) is 50.0 Å². The fourth-order valence-corrected chi connectivity index (χ4v) is 4.58. The van der Waals surface area contributed by atoms with E-state index >= 15 is 0 Å². The summed E-state index contributed by atoms with van der Waals surface area (Å²) in [7, 11) is -3.84. The Bertz CT molecular complexity index is 748. The third-order valence-electron chi connectivity index (χ3n) is 4.04. The Kier molecular flexibility index (Phi) is 4.80. The molecule has 0 aromatic heterocycles. The minimum atomic E-state index is -3.84. The summed E-state index contributed by atoms with van der Waals surface area (Å²) in [6.07, 6.45) is 0.245. The average Bonchev–Trinajstić information content (AvgIpc) is 3.18. The zero-order valence-corrected chi connectivity index (χ0v) is 14.3. The maximum Gasteiger partial charge on any atom is 0.347 e. The molecule has 0 amide bonds. The maximum atomic E-state index is 12.7. The molecule has 0 saturated carbocycles. The van der Waals surface area contributed by atoms with Crippen molar-refractivity contribution in [2.75, 3.05) is 13.2 Å². The number of carbonyl (C=O) groups is 2. The summed E-state index contributed by atoms with van der Waals surface area (Å²) >= 11 is 5.78. The van der Waals surface area contributed by atoms with E-state index in [0.29, 0.717) is 24.3 Å². The number of rotatable bonds is 4. The number of benzene rings is 1. The summed E-state index contributed by atoms with van der Waals surface area (Å²) in [6, 6.07) is 4.82. The third-order valence-corrected chi connectivity index (χ3v) is 6.22. The number of cyclic esters (lactones) is 1. The Hall–Kier alpha value is -1.64. The highest BCUT2D eigenvalue weighted by atomic mass is 35.5. The Morgan fingerprint density at radius 3 is 2.58 bits per heavy atom. The van der Waals surface area contributed by atoms with Gasteiger partial charge in [-0.15, -0.1) is 0 Å². The second-order valence-corrected chi connectivity index (χ2v) is 7.94. The van der Waals surface area contributed by atoms with Gasteiger partial charge in [0.1, 0.15) is 6.04 Å². The van der Waals surface area contributed by atoms with Crippen molar-refractivity contribution < 1.29 is 27.5 Å². The lowest BCUT2D eigenvalue weighted by molar-refractivity contribution is -0.162. The number of esters is 2. The molecule has 0 unspecified atom stereocenters. The molecule has 9 heteroatoms. The predicted molar refractivity (Wildman–Crippen MR) is 83.8 cm³/mol. The highest BCUT2D eigenvalue weighted by Gasteiger charge is 2.42. The van der Waals surface area contributed by atoms with Gasteiger partial charge in [-0.2, -0.15) is 4.31 Å². The van der Waals surface area contributed by atoms with Gasteiger partial charge in [-0.05, 0) is 37.1 Å². The van der Waals surface area contributed by atoms with Gasteiger partial charge in [-0.1, -0.05) is 11.6 Å². The molecule has 0 bridgehead atoms. The zero-order chi connectivity index (χ0) is 17.3. The van der Waals surface area contributed by atoms with Crippen LogP contribution in [0.15, 0.2) is 29.2 Å². The van der Waals surface area contributed by atoms with E-state index in [1.165, 1.54) is 24.3 Å². The molecule has 0 aliphatic carbocycles. The molecule has 1 aromatic carbocycles. The largest absolute Gasteiger partial charge is 0.463 e. The van der Waals surface area contributed by atoms with E-state index in [2.05, 4.69) is 0 Å². The first-order valence-corrected chi connectivity index (χ1v) is 9.36. The Balaban J connectivity index is 1.78. The number of carbonyl (C=O) groups excluding carboxylic acids is 2. The topological polar surface area (TPSA) is 90.0 Å². The van der Waals surface area contributed by atoms with Crippen LogP contribution >= 0.6 is 11.6 Å². The maximum absolute atomic E-state index is 12.7. The lowest BCUT2D eigenvalue weighted by atomic mass is 10.2. The monoisotopic (exact) mass is 373 g/mol. The highest BCUT2D eigenvalue weighted by molar-refractivity contribution is 7.89. The standard InChI is InChI=1S/C15H16ClNO6S/c16-10-3-5-11(6-4-10)24(20,21)17-8-1-2-12(17)14(18)23-13-7-9-22-15(13)19/h3-6,12-13H,1-2,7-9H2/t12-,13+/m0/s1. The van der Waals surface area contributed by atoms with Gasteiger partial charge in [0.25, 0.3) is 0 Å². The smallest absolute Gasteiger partial charge is 0.347 e. The van der Waals surface area contributed by atoms with Crippen LogP contribution in [0.2, 0.25) is 5.02 Å². The summed E-state index contributed by atoms with van der Waals surface area (Å²) in [4.78, 5) is 23.8. The molecule has 2 heterocycles. The number of ether oxygens (including phenoxy) is 2. The van der Waals surface area contributed by atoms with Gasteiger partial charge in [-0.25, -0.2) is 13.2 Å². The van der Waals surface area contributed by atoms with Crippen molar-refractivity contribution in [2.24, 2.45) is 0 Å². The molecule has 24 heavy (non-hydrogen) atoms. The first-order chi connectivity index (χ1) is 11.4. The van der Waals surface area contributed by atoms with E-state index < -0.39 is 34.1 Å². The first-order valence-electron chi connectivity index (χ1n) is 7.54. The molecule has 130 valence electrons. The highest BCUT2D eigenvalue weighted by Crippen LogP contribution is 2.28. The minimum absolute atomic E-state index is 0.0619. The van der Waals surface area contributed by atoms with Crippen LogP contribution in [0.25, 0.3) is 0 Å². The van der Waals surface area contributed by atoms with E-state index in [-0.39, 0.29) is 18.0 Å². The van der Waals surface area contributed by atoms with Crippen LogP contribution in [0.1, 0.15) is 19.3 Å². The van der Waals surface area contributed by atoms with Crippen molar-refractivity contribution >= 4 is 33.6 Å². The summed E-state index contributed by atoms with van der Waals surface area (Å²) in [5.41, 5.74) is 0. The van der Waals surface area contributed by atoms with Crippen LogP contribution in [0, 0.1) is 0 Å². The summed E-state index contributed by atoms with van der Waals surface area (Å²) in [5.74, 6) is -1.30. The van der Waals surface area contributed by atoms with Crippen LogP contribution in [0.3, 0.4) is 0 Å². The normalized spacial score (nSPS) is 24.8. The molecule has 0 radical (unpaired) electrons. The SMILES string of the molecule is O=C1OCC[C@H]1OC(=O)[C@@H]1CCCN1S(=O)(=O)c1ccc(Cl)cc1. The molecule has 2 atom stereocenters. The second kappa shape index (κ2) is 6.70. The first kappa shape index (κ1) is 17.2. The number of hydrogen-bond acceptors (Lipinski definition) is 6. The summed E-state index contributed by atoms with van der Waals surface area (Å²) < 4.78 is 36.5. The number of hydrogen-bond donors (Lipinski definition) is 0. The third kappa shape index (κ3) is 3.26. The molecule has 2 aliphatic rings. The van der Waals surface area contributed by atoms with E-state index in [1.54, 1.807) is 0 Å².